The fourth-order valence-electron chi connectivity index (χ4n) is 3.05. The van der Waals surface area contributed by atoms with Crippen LogP contribution in [0.15, 0.2) is 0 Å². The van der Waals surface area contributed by atoms with E-state index in [9.17, 15) is 4.79 Å². The number of ketones is 1. The molecule has 1 heterocycles. The molecule has 0 aromatic carbocycles. The number of fused-ring (bicyclic) bond motifs is 1. The molecular weight excluding hydrogens is 198 g/mol. The molecule has 1 aliphatic heterocycles. The summed E-state index contributed by atoms with van der Waals surface area (Å²) in [5, 5.41) is 3.55. The Balaban J connectivity index is 1.88. The second kappa shape index (κ2) is 5.50. The molecule has 0 spiro atoms. The normalized spacial score (nSPS) is 33.4. The fourth-order valence-corrected chi connectivity index (χ4v) is 3.05. The third-order valence-electron chi connectivity index (χ3n) is 3.98. The summed E-state index contributed by atoms with van der Waals surface area (Å²) in [5.41, 5.74) is 0. The summed E-state index contributed by atoms with van der Waals surface area (Å²) >= 11 is 0. The zero-order chi connectivity index (χ0) is 11.4. The Hall–Kier alpha value is -0.810. The summed E-state index contributed by atoms with van der Waals surface area (Å²) in [6, 6.07) is 0.686. The molecule has 1 saturated carbocycles. The van der Waals surface area contributed by atoms with Crippen LogP contribution in [0.25, 0.3) is 0 Å². The van der Waals surface area contributed by atoms with Crippen molar-refractivity contribution in [3.05, 3.63) is 0 Å². The molecule has 0 radical (unpaired) electrons. The molecule has 0 aromatic heterocycles. The van der Waals surface area contributed by atoms with Gasteiger partial charge in [0.15, 0.2) is 5.78 Å². The van der Waals surface area contributed by atoms with Crippen LogP contribution in [0.4, 0.5) is 0 Å². The highest BCUT2D eigenvalue weighted by Crippen LogP contribution is 2.32. The summed E-state index contributed by atoms with van der Waals surface area (Å²) in [6.45, 7) is 1.79. The van der Waals surface area contributed by atoms with Gasteiger partial charge in [-0.2, -0.15) is 0 Å². The van der Waals surface area contributed by atoms with E-state index >= 15 is 0 Å². The lowest BCUT2D eigenvalue weighted by molar-refractivity contribution is -0.121. The van der Waals surface area contributed by atoms with Gasteiger partial charge in [0.2, 0.25) is 0 Å². The van der Waals surface area contributed by atoms with E-state index in [2.05, 4.69) is 17.2 Å². The van der Waals surface area contributed by atoms with Crippen LogP contribution >= 0.6 is 0 Å². The molecule has 2 fully saturated rings. The number of Topliss-reactive ketones (excluding diaryl/α,β-unsaturated/α-hetero) is 1. The van der Waals surface area contributed by atoms with Crippen LogP contribution in [0.2, 0.25) is 0 Å². The number of hydrogen-bond acceptors (Lipinski definition) is 2. The summed E-state index contributed by atoms with van der Waals surface area (Å²) < 4.78 is 0. The minimum absolute atomic E-state index is 0.0835. The standard InChI is InChI=1S/C14H21NO/c1-2-3-8-14(16)13-10-9-11-6-4-5-7-12(11)15-13/h11-13,15H,4-10H2,1H3. The molecule has 3 unspecified atom stereocenters. The van der Waals surface area contributed by atoms with Crippen molar-refractivity contribution in [1.29, 1.82) is 0 Å². The van der Waals surface area contributed by atoms with Gasteiger partial charge in [0, 0.05) is 6.04 Å². The molecule has 2 aliphatic rings. The average molecular weight is 219 g/mol. The molecular formula is C14H21NO. The SMILES string of the molecule is CC#CCC(=O)C1CCC2CCCCC2N1. The number of nitrogens with one attached hydrogen (secondary N) is 1. The third kappa shape index (κ3) is 2.65. The minimum atomic E-state index is 0.0835. The number of hydrogen-bond donors (Lipinski definition) is 1. The molecule has 2 rings (SSSR count). The van der Waals surface area contributed by atoms with Gasteiger partial charge >= 0.3 is 0 Å². The molecule has 2 heteroatoms. The Morgan fingerprint density at radius 1 is 1.25 bits per heavy atom. The number of piperidine rings is 1. The summed E-state index contributed by atoms with van der Waals surface area (Å²) in [7, 11) is 0. The maximum Gasteiger partial charge on any atom is 0.161 e. The topological polar surface area (TPSA) is 29.1 Å². The second-order valence-corrected chi connectivity index (χ2v) is 5.02. The Kier molecular flexibility index (Phi) is 4.01. The third-order valence-corrected chi connectivity index (χ3v) is 3.98. The maximum atomic E-state index is 11.9. The van der Waals surface area contributed by atoms with Crippen molar-refractivity contribution in [1.82, 2.24) is 5.32 Å². The largest absolute Gasteiger partial charge is 0.304 e. The lowest BCUT2D eigenvalue weighted by Gasteiger charge is -2.39. The van der Waals surface area contributed by atoms with E-state index in [0.717, 1.165) is 12.3 Å². The zero-order valence-corrected chi connectivity index (χ0v) is 10.1. The van der Waals surface area contributed by atoms with Crippen molar-refractivity contribution in [2.24, 2.45) is 5.92 Å². The van der Waals surface area contributed by atoms with Gasteiger partial charge in [0.25, 0.3) is 0 Å². The Morgan fingerprint density at radius 2 is 2.06 bits per heavy atom. The van der Waals surface area contributed by atoms with Gasteiger partial charge in [-0.3, -0.25) is 4.79 Å². The first-order valence-electron chi connectivity index (χ1n) is 6.49. The van der Waals surface area contributed by atoms with Crippen molar-refractivity contribution in [3.8, 4) is 11.8 Å². The van der Waals surface area contributed by atoms with Gasteiger partial charge in [-0.15, -0.1) is 5.92 Å². The monoisotopic (exact) mass is 219 g/mol. The van der Waals surface area contributed by atoms with Crippen LogP contribution < -0.4 is 5.32 Å². The van der Waals surface area contributed by atoms with E-state index in [1.807, 2.05) is 0 Å². The smallest absolute Gasteiger partial charge is 0.161 e. The first-order chi connectivity index (χ1) is 7.81. The highest BCUT2D eigenvalue weighted by molar-refractivity contribution is 5.86. The van der Waals surface area contributed by atoms with E-state index in [0.29, 0.717) is 18.2 Å². The molecule has 1 saturated heterocycles. The average Bonchev–Trinajstić information content (AvgIpc) is 2.35. The molecule has 0 amide bonds. The van der Waals surface area contributed by atoms with Crippen molar-refractivity contribution >= 4 is 5.78 Å². The summed E-state index contributed by atoms with van der Waals surface area (Å²) in [6.07, 6.45) is 7.98. The molecule has 1 aliphatic carbocycles. The Bertz CT molecular complexity index is 312. The van der Waals surface area contributed by atoms with Crippen LogP contribution in [-0.2, 0) is 4.79 Å². The van der Waals surface area contributed by atoms with Gasteiger partial charge in [-0.25, -0.2) is 0 Å². The molecule has 0 bridgehead atoms. The van der Waals surface area contributed by atoms with Gasteiger partial charge < -0.3 is 5.32 Å². The predicted molar refractivity (Wildman–Crippen MR) is 65.0 cm³/mol. The highest BCUT2D eigenvalue weighted by Gasteiger charge is 2.33. The lowest BCUT2D eigenvalue weighted by atomic mass is 9.77. The number of carbonyl (C=O) groups is 1. The summed E-state index contributed by atoms with van der Waals surface area (Å²) in [5.74, 6) is 6.79. The predicted octanol–water partition coefficient (Wildman–Crippen LogP) is 2.28. The van der Waals surface area contributed by atoms with Crippen molar-refractivity contribution in [2.45, 2.75) is 64.0 Å². The van der Waals surface area contributed by atoms with Gasteiger partial charge in [-0.1, -0.05) is 18.8 Å². The van der Waals surface area contributed by atoms with E-state index in [4.69, 9.17) is 0 Å². The highest BCUT2D eigenvalue weighted by atomic mass is 16.1. The van der Waals surface area contributed by atoms with E-state index in [1.165, 1.54) is 32.1 Å². The van der Waals surface area contributed by atoms with Gasteiger partial charge in [0.05, 0.1) is 12.5 Å². The lowest BCUT2D eigenvalue weighted by Crippen LogP contribution is -2.51. The molecule has 1 N–H and O–H groups in total. The van der Waals surface area contributed by atoms with Crippen molar-refractivity contribution in [3.63, 3.8) is 0 Å². The van der Waals surface area contributed by atoms with E-state index in [-0.39, 0.29) is 6.04 Å². The molecule has 88 valence electrons. The van der Waals surface area contributed by atoms with Gasteiger partial charge in [0.1, 0.15) is 0 Å². The maximum absolute atomic E-state index is 11.9. The first kappa shape index (κ1) is 11.7. The first-order valence-corrected chi connectivity index (χ1v) is 6.49. The van der Waals surface area contributed by atoms with Crippen LogP contribution in [0, 0.1) is 17.8 Å². The Morgan fingerprint density at radius 3 is 2.88 bits per heavy atom. The molecule has 3 atom stereocenters. The minimum Gasteiger partial charge on any atom is -0.304 e. The van der Waals surface area contributed by atoms with E-state index in [1.54, 1.807) is 6.92 Å². The Labute approximate surface area is 98.2 Å². The second-order valence-electron chi connectivity index (χ2n) is 5.02. The van der Waals surface area contributed by atoms with E-state index < -0.39 is 0 Å². The van der Waals surface area contributed by atoms with Crippen molar-refractivity contribution in [2.75, 3.05) is 0 Å². The molecule has 2 nitrogen and oxygen atoms in total. The number of carbonyl (C=O) groups excluding carboxylic acids is 1. The van der Waals surface area contributed by atoms with Crippen LogP contribution in [0.3, 0.4) is 0 Å². The van der Waals surface area contributed by atoms with Crippen LogP contribution in [-0.4, -0.2) is 17.9 Å². The van der Waals surface area contributed by atoms with Crippen LogP contribution in [0.5, 0.6) is 0 Å². The fraction of sp³-hybridized carbons (Fsp3) is 0.786. The molecule has 16 heavy (non-hydrogen) atoms. The zero-order valence-electron chi connectivity index (χ0n) is 10.1. The number of rotatable bonds is 2. The van der Waals surface area contributed by atoms with Crippen LogP contribution in [0.1, 0.15) is 51.9 Å². The molecule has 0 aromatic rings. The summed E-state index contributed by atoms with van der Waals surface area (Å²) in [4.78, 5) is 11.9. The van der Waals surface area contributed by atoms with Gasteiger partial charge in [-0.05, 0) is 38.5 Å². The van der Waals surface area contributed by atoms with Crippen molar-refractivity contribution < 1.29 is 4.79 Å². The quantitative estimate of drug-likeness (QED) is 0.722.